The second-order valence-corrected chi connectivity index (χ2v) is 9.67. The Hall–Kier alpha value is -2.83. The molecule has 4 aliphatic rings. The minimum atomic E-state index is -1.41. The summed E-state index contributed by atoms with van der Waals surface area (Å²) >= 11 is 0. The van der Waals surface area contributed by atoms with Crippen LogP contribution in [0.3, 0.4) is 0 Å². The highest BCUT2D eigenvalue weighted by atomic mass is 16.8. The number of aryl methyl sites for hydroxylation is 1. The average Bonchev–Trinajstić information content (AvgIpc) is 3.19. The third-order valence-corrected chi connectivity index (χ3v) is 7.80. The van der Waals surface area contributed by atoms with E-state index in [4.69, 9.17) is 18.9 Å². The molecule has 8 atom stereocenters. The number of benzene rings is 1. The molecule has 10 heteroatoms. The van der Waals surface area contributed by atoms with Gasteiger partial charge in [-0.05, 0) is 29.7 Å². The van der Waals surface area contributed by atoms with Gasteiger partial charge in [0, 0.05) is 17.4 Å². The van der Waals surface area contributed by atoms with E-state index >= 15 is 0 Å². The summed E-state index contributed by atoms with van der Waals surface area (Å²) in [5.41, 5.74) is 4.59. The lowest BCUT2D eigenvalue weighted by atomic mass is 9.89. The number of ether oxygens (including phenoxy) is 4. The molecule has 0 aliphatic carbocycles. The number of hydrogen-bond donors (Lipinski definition) is 4. The van der Waals surface area contributed by atoms with E-state index in [0.29, 0.717) is 24.1 Å². The highest BCUT2D eigenvalue weighted by Crippen LogP contribution is 2.45. The predicted octanol–water partition coefficient (Wildman–Crippen LogP) is 1.03. The number of fused-ring (bicyclic) bond motifs is 10. The molecule has 2 bridgehead atoms. The van der Waals surface area contributed by atoms with Crippen molar-refractivity contribution in [2.45, 2.75) is 62.2 Å². The Morgan fingerprint density at radius 2 is 1.94 bits per heavy atom. The van der Waals surface area contributed by atoms with Gasteiger partial charge in [0.25, 0.3) is 5.56 Å². The molecule has 0 saturated carbocycles. The first-order valence-electron chi connectivity index (χ1n) is 12.1. The molecule has 4 N–H and O–H groups in total. The monoisotopic (exact) mass is 494 g/mol. The van der Waals surface area contributed by atoms with Crippen molar-refractivity contribution in [2.24, 2.45) is 0 Å². The Balaban J connectivity index is 1.38. The first-order valence-corrected chi connectivity index (χ1v) is 12.1. The van der Waals surface area contributed by atoms with Crippen LogP contribution in [0.4, 0.5) is 0 Å². The molecule has 0 spiro atoms. The number of H-pyrrole nitrogens is 1. The van der Waals surface area contributed by atoms with Crippen molar-refractivity contribution in [3.05, 3.63) is 70.0 Å². The lowest BCUT2D eigenvalue weighted by molar-refractivity contribution is -0.313. The number of aromatic nitrogens is 2. The van der Waals surface area contributed by atoms with Gasteiger partial charge in [-0.25, -0.2) is 0 Å². The van der Waals surface area contributed by atoms with Crippen LogP contribution < -0.4 is 5.56 Å². The van der Waals surface area contributed by atoms with E-state index in [9.17, 15) is 20.1 Å². The summed E-state index contributed by atoms with van der Waals surface area (Å²) in [5, 5.41) is 31.8. The predicted molar refractivity (Wildman–Crippen MR) is 126 cm³/mol. The number of aliphatic hydroxyl groups excluding tert-OH is 3. The molecule has 188 valence electrons. The van der Waals surface area contributed by atoms with Crippen LogP contribution in [0, 0.1) is 0 Å². The number of aliphatic hydroxyl groups is 3. The van der Waals surface area contributed by atoms with E-state index in [-0.39, 0.29) is 5.56 Å². The minimum absolute atomic E-state index is 0.249. The van der Waals surface area contributed by atoms with Gasteiger partial charge in [0.05, 0.1) is 29.5 Å². The molecule has 0 radical (unpaired) electrons. The zero-order valence-electron chi connectivity index (χ0n) is 19.2. The van der Waals surface area contributed by atoms with Crippen molar-refractivity contribution >= 4 is 10.9 Å². The van der Waals surface area contributed by atoms with E-state index in [1.807, 2.05) is 24.3 Å². The molecule has 2 fully saturated rings. The summed E-state index contributed by atoms with van der Waals surface area (Å²) in [4.78, 5) is 17.4. The molecule has 4 aliphatic heterocycles. The third-order valence-electron chi connectivity index (χ3n) is 7.80. The largest absolute Gasteiger partial charge is 0.394 e. The van der Waals surface area contributed by atoms with Crippen LogP contribution in [0.15, 0.2) is 47.8 Å². The molecule has 0 amide bonds. The maximum Gasteiger partial charge on any atom is 0.259 e. The van der Waals surface area contributed by atoms with E-state index in [1.54, 1.807) is 10.6 Å². The average molecular weight is 495 g/mol. The summed E-state index contributed by atoms with van der Waals surface area (Å²) in [7, 11) is 0. The Bertz CT molecular complexity index is 1430. The third kappa shape index (κ3) is 3.00. The quantitative estimate of drug-likeness (QED) is 0.388. The maximum absolute atomic E-state index is 13.9. The van der Waals surface area contributed by atoms with Gasteiger partial charge in [-0.2, -0.15) is 0 Å². The van der Waals surface area contributed by atoms with E-state index < -0.39 is 55.8 Å². The van der Waals surface area contributed by atoms with Crippen LogP contribution in [0.1, 0.15) is 28.9 Å². The number of nitrogens with one attached hydrogen (secondary N) is 1. The summed E-state index contributed by atoms with van der Waals surface area (Å²) < 4.78 is 25.6. The van der Waals surface area contributed by atoms with Crippen LogP contribution >= 0.6 is 0 Å². The highest BCUT2D eigenvalue weighted by Gasteiger charge is 2.53. The summed E-state index contributed by atoms with van der Waals surface area (Å²) in [6.07, 6.45) is -5.80. The molecule has 36 heavy (non-hydrogen) atoms. The molecule has 2 saturated heterocycles. The number of nitrogens with zero attached hydrogens (tertiary/aromatic N) is 1. The molecular formula is C26H26N2O8. The second-order valence-electron chi connectivity index (χ2n) is 9.67. The van der Waals surface area contributed by atoms with Crippen LogP contribution in [0.25, 0.3) is 22.3 Å². The molecule has 0 unspecified atom stereocenters. The Morgan fingerprint density at radius 1 is 1.11 bits per heavy atom. The zero-order valence-corrected chi connectivity index (χ0v) is 19.2. The number of para-hydroxylation sites is 1. The molecule has 2 aromatic heterocycles. The van der Waals surface area contributed by atoms with E-state index in [2.05, 4.69) is 17.6 Å². The van der Waals surface area contributed by atoms with Gasteiger partial charge in [0.2, 0.25) is 0 Å². The van der Waals surface area contributed by atoms with Gasteiger partial charge in [0.15, 0.2) is 18.9 Å². The Labute approximate surface area is 205 Å². The maximum atomic E-state index is 13.9. The Morgan fingerprint density at radius 3 is 2.75 bits per heavy atom. The number of aromatic amines is 1. The van der Waals surface area contributed by atoms with Gasteiger partial charge in [-0.15, -0.1) is 6.58 Å². The molecule has 6 heterocycles. The summed E-state index contributed by atoms with van der Waals surface area (Å²) in [6.45, 7) is 3.94. The van der Waals surface area contributed by atoms with Crippen molar-refractivity contribution in [3.8, 4) is 11.4 Å². The lowest BCUT2D eigenvalue weighted by Gasteiger charge is -2.40. The van der Waals surface area contributed by atoms with E-state index in [0.717, 1.165) is 22.3 Å². The van der Waals surface area contributed by atoms with Gasteiger partial charge in [0.1, 0.15) is 24.4 Å². The van der Waals surface area contributed by atoms with Crippen molar-refractivity contribution in [1.29, 1.82) is 0 Å². The van der Waals surface area contributed by atoms with Crippen molar-refractivity contribution in [3.63, 3.8) is 0 Å². The normalized spacial score (nSPS) is 34.8. The van der Waals surface area contributed by atoms with E-state index in [1.165, 1.54) is 5.56 Å². The molecule has 1 aromatic carbocycles. The van der Waals surface area contributed by atoms with Crippen LogP contribution in [0.2, 0.25) is 0 Å². The fourth-order valence-corrected chi connectivity index (χ4v) is 5.99. The van der Waals surface area contributed by atoms with Crippen LogP contribution in [-0.2, 0) is 31.9 Å². The van der Waals surface area contributed by atoms with Gasteiger partial charge in [-0.1, -0.05) is 24.3 Å². The van der Waals surface area contributed by atoms with Crippen LogP contribution in [0.5, 0.6) is 0 Å². The fourth-order valence-electron chi connectivity index (χ4n) is 5.99. The zero-order chi connectivity index (χ0) is 24.7. The summed E-state index contributed by atoms with van der Waals surface area (Å²) in [5.74, 6) is -0.521. The summed E-state index contributed by atoms with van der Waals surface area (Å²) in [6, 6.07) is 10.0. The SMILES string of the molecule is C=C[C@@H]1c2cc3n(c(=O)c2[C@@H]2O[C@H]1O[C@@H]1O[C@H](CO)[C@@H](O)[C@H](O)[C@H]1O2)CCc1c-3[nH]c2ccccc12. The van der Waals surface area contributed by atoms with Gasteiger partial charge >= 0.3 is 0 Å². The van der Waals surface area contributed by atoms with Gasteiger partial charge < -0.3 is 43.8 Å². The van der Waals surface area contributed by atoms with Crippen LogP contribution in [-0.4, -0.2) is 68.5 Å². The molecular weight excluding hydrogens is 468 g/mol. The fraction of sp³-hybridized carbons (Fsp3) is 0.423. The first-order chi connectivity index (χ1) is 17.5. The Kier molecular flexibility index (Phi) is 5.03. The van der Waals surface area contributed by atoms with Gasteiger partial charge in [-0.3, -0.25) is 4.79 Å². The van der Waals surface area contributed by atoms with Crippen molar-refractivity contribution in [2.75, 3.05) is 6.61 Å². The molecule has 7 rings (SSSR count). The number of hydrogen-bond acceptors (Lipinski definition) is 8. The smallest absolute Gasteiger partial charge is 0.259 e. The second kappa shape index (κ2) is 8.09. The molecule has 10 nitrogen and oxygen atoms in total. The number of rotatable bonds is 2. The molecule has 3 aromatic rings. The van der Waals surface area contributed by atoms with Crippen molar-refractivity contribution < 1.29 is 34.3 Å². The highest BCUT2D eigenvalue weighted by molar-refractivity contribution is 5.90. The number of pyridine rings is 1. The van der Waals surface area contributed by atoms with Crippen molar-refractivity contribution in [1.82, 2.24) is 9.55 Å². The first kappa shape index (κ1) is 22.4. The minimum Gasteiger partial charge on any atom is -0.394 e. The lowest BCUT2D eigenvalue weighted by Crippen LogP contribution is -2.59. The standard InChI is InChI=1S/C26H26N2O8/c1-2-11-14-9-16-19-13(12-5-3-4-6-15(12)27-19)7-8-28(16)23(32)18(14)25-34-22-21(31)20(30)17(10-29)33-26(22)36-24(11)35-25/h2-6,9,11,17,20-22,24-27,29-31H,1,7-8,10H2/t11-,17-,20-,21+,22-,24+,25+,26+/m1/s1. The topological polar surface area (TPSA) is 135 Å².